The minimum atomic E-state index is -1.82. The maximum atomic E-state index is 12.2. The van der Waals surface area contributed by atoms with Gasteiger partial charge in [0.15, 0.2) is 0 Å². The smallest absolute Gasteiger partial charge is 0.345 e. The summed E-state index contributed by atoms with van der Waals surface area (Å²) in [6.07, 6.45) is 0.317. The molecule has 0 saturated heterocycles. The predicted octanol–water partition coefficient (Wildman–Crippen LogP) is -0.0608. The average molecular weight is 288 g/mol. The van der Waals surface area contributed by atoms with E-state index in [1.165, 1.54) is 0 Å². The Morgan fingerprint density at radius 3 is 1.80 bits per heavy atom. The molecule has 20 heavy (non-hydrogen) atoms. The van der Waals surface area contributed by atoms with E-state index >= 15 is 0 Å². The van der Waals surface area contributed by atoms with Crippen LogP contribution in [0.3, 0.4) is 0 Å². The quantitative estimate of drug-likeness (QED) is 0.344. The van der Waals surface area contributed by atoms with Crippen molar-refractivity contribution >= 4 is 18.3 Å². The molecule has 0 aromatic carbocycles. The fourth-order valence-corrected chi connectivity index (χ4v) is 1.77. The van der Waals surface area contributed by atoms with Crippen LogP contribution in [0.5, 0.6) is 0 Å². The first-order valence-corrected chi connectivity index (χ1v) is 6.80. The fraction of sp³-hybridized carbons (Fsp3) is 0.769. The number of carbonyl (C=O) groups is 3. The Bertz CT molecular complexity index is 311. The molecule has 0 bridgehead atoms. The Morgan fingerprint density at radius 1 is 1.05 bits per heavy atom. The number of amides is 1. The standard InChI is InChI=1S/C13H24N2O5/c1-5-15(6-2)9-13(14-10-16,11(17)19-7-3)12(18)20-8-4/h10H,5-9H2,1-4H3,(H,14,16). The van der Waals surface area contributed by atoms with Crippen molar-refractivity contribution in [3.8, 4) is 0 Å². The maximum Gasteiger partial charge on any atom is 0.345 e. The lowest BCUT2D eigenvalue weighted by Crippen LogP contribution is -2.65. The normalized spacial score (nSPS) is 11.1. The molecule has 0 aliphatic rings. The topological polar surface area (TPSA) is 84.9 Å². The second kappa shape index (κ2) is 9.30. The van der Waals surface area contributed by atoms with Gasteiger partial charge in [-0.15, -0.1) is 0 Å². The molecule has 1 amide bonds. The molecular weight excluding hydrogens is 264 g/mol. The molecular formula is C13H24N2O5. The van der Waals surface area contributed by atoms with Crippen LogP contribution in [-0.4, -0.2) is 61.6 Å². The van der Waals surface area contributed by atoms with Gasteiger partial charge in [-0.25, -0.2) is 9.59 Å². The Morgan fingerprint density at radius 2 is 1.50 bits per heavy atom. The van der Waals surface area contributed by atoms with Gasteiger partial charge in [-0.2, -0.15) is 0 Å². The maximum absolute atomic E-state index is 12.2. The van der Waals surface area contributed by atoms with Gasteiger partial charge in [0, 0.05) is 6.54 Å². The number of likely N-dealkylation sites (N-methyl/N-ethyl adjacent to an activating group) is 1. The van der Waals surface area contributed by atoms with Gasteiger partial charge in [-0.05, 0) is 26.9 Å². The van der Waals surface area contributed by atoms with Gasteiger partial charge in [0.05, 0.1) is 13.2 Å². The van der Waals surface area contributed by atoms with Crippen LogP contribution >= 0.6 is 0 Å². The Hall–Kier alpha value is -1.63. The van der Waals surface area contributed by atoms with Gasteiger partial charge in [-0.1, -0.05) is 13.8 Å². The van der Waals surface area contributed by atoms with Crippen molar-refractivity contribution in [3.05, 3.63) is 0 Å². The third kappa shape index (κ3) is 4.48. The van der Waals surface area contributed by atoms with Crippen LogP contribution in [0.25, 0.3) is 0 Å². The highest BCUT2D eigenvalue weighted by Crippen LogP contribution is 2.13. The molecule has 7 nitrogen and oxygen atoms in total. The second-order valence-corrected chi connectivity index (χ2v) is 4.07. The molecule has 7 heteroatoms. The second-order valence-electron chi connectivity index (χ2n) is 4.07. The average Bonchev–Trinajstić information content (AvgIpc) is 2.43. The minimum Gasteiger partial charge on any atom is -0.464 e. The van der Waals surface area contributed by atoms with E-state index in [0.717, 1.165) is 0 Å². The molecule has 116 valence electrons. The zero-order valence-electron chi connectivity index (χ0n) is 12.6. The van der Waals surface area contributed by atoms with Gasteiger partial charge in [0.1, 0.15) is 0 Å². The first-order chi connectivity index (χ1) is 9.52. The molecule has 0 fully saturated rings. The van der Waals surface area contributed by atoms with E-state index < -0.39 is 17.5 Å². The van der Waals surface area contributed by atoms with Crippen molar-refractivity contribution in [2.45, 2.75) is 33.2 Å². The van der Waals surface area contributed by atoms with Crippen LogP contribution < -0.4 is 5.32 Å². The van der Waals surface area contributed by atoms with Crippen molar-refractivity contribution in [2.24, 2.45) is 0 Å². The molecule has 0 saturated carbocycles. The third-order valence-electron chi connectivity index (χ3n) is 2.91. The van der Waals surface area contributed by atoms with Crippen LogP contribution in [-0.2, 0) is 23.9 Å². The zero-order chi connectivity index (χ0) is 15.6. The first-order valence-electron chi connectivity index (χ1n) is 6.80. The van der Waals surface area contributed by atoms with Crippen LogP contribution in [0.1, 0.15) is 27.7 Å². The predicted molar refractivity (Wildman–Crippen MR) is 73.0 cm³/mol. The highest BCUT2D eigenvalue weighted by molar-refractivity contribution is 6.06. The number of rotatable bonds is 10. The summed E-state index contributed by atoms with van der Waals surface area (Å²) in [5.74, 6) is -1.62. The lowest BCUT2D eigenvalue weighted by Gasteiger charge is -2.32. The number of nitrogens with one attached hydrogen (secondary N) is 1. The number of hydrogen-bond donors (Lipinski definition) is 1. The van der Waals surface area contributed by atoms with E-state index in [1.54, 1.807) is 13.8 Å². The van der Waals surface area contributed by atoms with E-state index in [4.69, 9.17) is 9.47 Å². The van der Waals surface area contributed by atoms with Gasteiger partial charge in [0.2, 0.25) is 11.9 Å². The number of ether oxygens (including phenoxy) is 2. The summed E-state index contributed by atoms with van der Waals surface area (Å²) in [6.45, 7) is 8.53. The number of nitrogens with zero attached hydrogens (tertiary/aromatic N) is 1. The third-order valence-corrected chi connectivity index (χ3v) is 2.91. The number of carbonyl (C=O) groups excluding carboxylic acids is 3. The minimum absolute atomic E-state index is 0.0103. The van der Waals surface area contributed by atoms with Crippen molar-refractivity contribution in [2.75, 3.05) is 32.8 Å². The molecule has 0 rings (SSSR count). The first kappa shape index (κ1) is 18.4. The SMILES string of the molecule is CCOC(=O)C(CN(CC)CC)(NC=O)C(=O)OCC. The molecule has 0 aromatic heterocycles. The highest BCUT2D eigenvalue weighted by Gasteiger charge is 2.50. The number of esters is 2. The molecule has 0 aliphatic heterocycles. The monoisotopic (exact) mass is 288 g/mol. The fourth-order valence-electron chi connectivity index (χ4n) is 1.77. The lowest BCUT2D eigenvalue weighted by molar-refractivity contribution is -0.168. The summed E-state index contributed by atoms with van der Waals surface area (Å²) < 4.78 is 9.86. The van der Waals surface area contributed by atoms with Crippen LogP contribution in [0.2, 0.25) is 0 Å². The highest BCUT2D eigenvalue weighted by atomic mass is 16.6. The summed E-state index contributed by atoms with van der Waals surface area (Å²) in [5, 5.41) is 2.29. The molecule has 0 atom stereocenters. The van der Waals surface area contributed by atoms with E-state index in [1.807, 2.05) is 18.7 Å². The molecule has 0 radical (unpaired) electrons. The van der Waals surface area contributed by atoms with E-state index in [9.17, 15) is 14.4 Å². The van der Waals surface area contributed by atoms with Gasteiger partial charge >= 0.3 is 11.9 Å². The molecule has 1 N–H and O–H groups in total. The van der Waals surface area contributed by atoms with Crippen LogP contribution in [0.15, 0.2) is 0 Å². The van der Waals surface area contributed by atoms with E-state index in [-0.39, 0.29) is 19.8 Å². The lowest BCUT2D eigenvalue weighted by atomic mass is 9.99. The summed E-state index contributed by atoms with van der Waals surface area (Å²) >= 11 is 0. The Balaban J connectivity index is 5.46. The summed E-state index contributed by atoms with van der Waals surface area (Å²) in [4.78, 5) is 37.0. The number of hydrogen-bond acceptors (Lipinski definition) is 6. The zero-order valence-corrected chi connectivity index (χ0v) is 12.6. The van der Waals surface area contributed by atoms with Crippen molar-refractivity contribution < 1.29 is 23.9 Å². The largest absolute Gasteiger partial charge is 0.464 e. The Labute approximate surface area is 119 Å². The van der Waals surface area contributed by atoms with Crippen LogP contribution in [0, 0.1) is 0 Å². The van der Waals surface area contributed by atoms with Crippen molar-refractivity contribution in [1.29, 1.82) is 0 Å². The van der Waals surface area contributed by atoms with Gasteiger partial charge in [-0.3, -0.25) is 4.79 Å². The van der Waals surface area contributed by atoms with Crippen molar-refractivity contribution in [1.82, 2.24) is 10.2 Å². The molecule has 0 spiro atoms. The molecule has 0 heterocycles. The summed E-state index contributed by atoms with van der Waals surface area (Å²) in [6, 6.07) is 0. The van der Waals surface area contributed by atoms with Crippen LogP contribution in [0.4, 0.5) is 0 Å². The van der Waals surface area contributed by atoms with Crippen molar-refractivity contribution in [3.63, 3.8) is 0 Å². The van der Waals surface area contributed by atoms with Gasteiger partial charge < -0.3 is 19.7 Å². The summed E-state index contributed by atoms with van der Waals surface area (Å²) in [7, 11) is 0. The van der Waals surface area contributed by atoms with E-state index in [0.29, 0.717) is 19.5 Å². The summed E-state index contributed by atoms with van der Waals surface area (Å²) in [5.41, 5.74) is -1.82. The van der Waals surface area contributed by atoms with Gasteiger partial charge in [0.25, 0.3) is 0 Å². The van der Waals surface area contributed by atoms with E-state index in [2.05, 4.69) is 5.32 Å². The molecule has 0 aromatic rings. The molecule has 0 unspecified atom stereocenters. The Kier molecular flexibility index (Phi) is 8.54. The molecule has 0 aliphatic carbocycles.